The largest absolute Gasteiger partial charge is 0.507 e. The molecule has 0 bridgehead atoms. The summed E-state index contributed by atoms with van der Waals surface area (Å²) in [6.45, 7) is 3.68. The van der Waals surface area contributed by atoms with Gasteiger partial charge >= 0.3 is 0 Å². The van der Waals surface area contributed by atoms with Crippen LogP contribution in [0.5, 0.6) is 11.5 Å². The maximum absolute atomic E-state index is 10.1. The number of phenols is 1. The second-order valence-corrected chi connectivity index (χ2v) is 4.42. The van der Waals surface area contributed by atoms with Crippen molar-refractivity contribution in [3.05, 3.63) is 66.2 Å². The standard InChI is InChI=1S/C17H18N2O2/c1-3-7-13-8-6-9-14(17(13)20)12-18-19-15-10-4-5-11-16(15)21-2/h3-6,8-12,19-20H,1,7H2,2H3. The Morgan fingerprint density at radius 2 is 2.05 bits per heavy atom. The van der Waals surface area contributed by atoms with Crippen molar-refractivity contribution in [2.45, 2.75) is 6.42 Å². The van der Waals surface area contributed by atoms with Crippen molar-refractivity contribution in [3.63, 3.8) is 0 Å². The predicted octanol–water partition coefficient (Wildman–Crippen LogP) is 3.58. The number of anilines is 1. The van der Waals surface area contributed by atoms with Crippen LogP contribution in [0.3, 0.4) is 0 Å². The second kappa shape index (κ2) is 7.14. The number of ether oxygens (including phenoxy) is 1. The van der Waals surface area contributed by atoms with E-state index in [1.807, 2.05) is 36.4 Å². The van der Waals surface area contributed by atoms with Gasteiger partial charge in [-0.15, -0.1) is 6.58 Å². The number of methoxy groups -OCH3 is 1. The molecule has 4 heteroatoms. The number of hydrogen-bond donors (Lipinski definition) is 2. The molecule has 0 atom stereocenters. The number of para-hydroxylation sites is 3. The summed E-state index contributed by atoms with van der Waals surface area (Å²) >= 11 is 0. The van der Waals surface area contributed by atoms with Crippen molar-refractivity contribution in [2.24, 2.45) is 5.10 Å². The van der Waals surface area contributed by atoms with Gasteiger partial charge in [0.2, 0.25) is 0 Å². The third-order valence-electron chi connectivity index (χ3n) is 3.01. The molecule has 0 heterocycles. The summed E-state index contributed by atoms with van der Waals surface area (Å²) < 4.78 is 5.23. The summed E-state index contributed by atoms with van der Waals surface area (Å²) in [7, 11) is 1.61. The average molecular weight is 282 g/mol. The fourth-order valence-electron chi connectivity index (χ4n) is 1.94. The van der Waals surface area contributed by atoms with E-state index in [4.69, 9.17) is 4.74 Å². The van der Waals surface area contributed by atoms with Gasteiger partial charge in [0, 0.05) is 5.56 Å². The number of nitrogens with zero attached hydrogens (tertiary/aromatic N) is 1. The number of hydrazone groups is 1. The number of hydrogen-bond acceptors (Lipinski definition) is 4. The summed E-state index contributed by atoms with van der Waals surface area (Å²) in [4.78, 5) is 0. The van der Waals surface area contributed by atoms with Crippen LogP contribution in [0, 0.1) is 0 Å². The first-order valence-corrected chi connectivity index (χ1v) is 6.60. The normalized spacial score (nSPS) is 10.5. The number of phenolic OH excluding ortho intramolecular Hbond substituents is 1. The summed E-state index contributed by atoms with van der Waals surface area (Å²) in [5.41, 5.74) is 5.14. The Kier molecular flexibility index (Phi) is 4.99. The van der Waals surface area contributed by atoms with Crippen molar-refractivity contribution in [1.29, 1.82) is 0 Å². The molecule has 0 unspecified atom stereocenters. The molecule has 0 saturated heterocycles. The number of nitrogens with one attached hydrogen (secondary N) is 1. The molecule has 0 amide bonds. The Morgan fingerprint density at radius 3 is 2.81 bits per heavy atom. The molecule has 0 spiro atoms. The highest BCUT2D eigenvalue weighted by Crippen LogP contribution is 2.24. The molecule has 0 aliphatic heterocycles. The molecule has 0 aromatic heterocycles. The van der Waals surface area contributed by atoms with Gasteiger partial charge in [0.05, 0.1) is 19.0 Å². The Hall–Kier alpha value is -2.75. The molecule has 0 aliphatic carbocycles. The fourth-order valence-corrected chi connectivity index (χ4v) is 1.94. The van der Waals surface area contributed by atoms with Crippen molar-refractivity contribution in [2.75, 3.05) is 12.5 Å². The van der Waals surface area contributed by atoms with E-state index in [9.17, 15) is 5.11 Å². The SMILES string of the molecule is C=CCc1cccc(C=NNc2ccccc2OC)c1O. The van der Waals surface area contributed by atoms with Crippen LogP contribution in [0.1, 0.15) is 11.1 Å². The van der Waals surface area contributed by atoms with Gasteiger partial charge < -0.3 is 9.84 Å². The highest BCUT2D eigenvalue weighted by Gasteiger charge is 2.04. The smallest absolute Gasteiger partial charge is 0.143 e. The van der Waals surface area contributed by atoms with Crippen molar-refractivity contribution in [1.82, 2.24) is 0 Å². The number of benzene rings is 2. The van der Waals surface area contributed by atoms with Gasteiger partial charge in [0.25, 0.3) is 0 Å². The molecular weight excluding hydrogens is 264 g/mol. The highest BCUT2D eigenvalue weighted by atomic mass is 16.5. The molecule has 0 aliphatic rings. The molecule has 2 N–H and O–H groups in total. The monoisotopic (exact) mass is 282 g/mol. The topological polar surface area (TPSA) is 53.9 Å². The lowest BCUT2D eigenvalue weighted by Gasteiger charge is -2.07. The Morgan fingerprint density at radius 1 is 1.24 bits per heavy atom. The minimum absolute atomic E-state index is 0.225. The van der Waals surface area contributed by atoms with E-state index < -0.39 is 0 Å². The van der Waals surface area contributed by atoms with Gasteiger partial charge in [0.15, 0.2) is 0 Å². The Bertz CT molecular complexity index is 651. The molecule has 21 heavy (non-hydrogen) atoms. The zero-order valence-corrected chi connectivity index (χ0v) is 11.9. The molecular formula is C17H18N2O2. The van der Waals surface area contributed by atoms with Crippen LogP contribution < -0.4 is 10.2 Å². The fraction of sp³-hybridized carbons (Fsp3) is 0.118. The predicted molar refractivity (Wildman–Crippen MR) is 86.2 cm³/mol. The zero-order valence-electron chi connectivity index (χ0n) is 11.9. The van der Waals surface area contributed by atoms with Crippen LogP contribution in [0.15, 0.2) is 60.2 Å². The van der Waals surface area contributed by atoms with Gasteiger partial charge in [-0.05, 0) is 30.2 Å². The third kappa shape index (κ3) is 3.63. The first kappa shape index (κ1) is 14.7. The summed E-state index contributed by atoms with van der Waals surface area (Å²) in [6.07, 6.45) is 3.95. The lowest BCUT2D eigenvalue weighted by Crippen LogP contribution is -1.95. The number of allylic oxidation sites excluding steroid dienone is 1. The second-order valence-electron chi connectivity index (χ2n) is 4.42. The van der Waals surface area contributed by atoms with Gasteiger partial charge in [-0.2, -0.15) is 5.10 Å². The van der Waals surface area contributed by atoms with E-state index in [1.54, 1.807) is 25.5 Å². The van der Waals surface area contributed by atoms with Crippen molar-refractivity contribution in [3.8, 4) is 11.5 Å². The molecule has 4 nitrogen and oxygen atoms in total. The molecule has 2 rings (SSSR count). The lowest BCUT2D eigenvalue weighted by molar-refractivity contribution is 0.416. The third-order valence-corrected chi connectivity index (χ3v) is 3.01. The van der Waals surface area contributed by atoms with E-state index in [1.165, 1.54) is 0 Å². The van der Waals surface area contributed by atoms with E-state index in [0.717, 1.165) is 11.3 Å². The maximum atomic E-state index is 10.1. The van der Waals surface area contributed by atoms with Gasteiger partial charge in [-0.1, -0.05) is 30.3 Å². The number of rotatable bonds is 6. The molecule has 108 valence electrons. The molecule has 0 radical (unpaired) electrons. The van der Waals surface area contributed by atoms with E-state index in [-0.39, 0.29) is 5.75 Å². The Balaban J connectivity index is 2.15. The molecule has 0 saturated carbocycles. The van der Waals surface area contributed by atoms with Crippen LogP contribution in [0.4, 0.5) is 5.69 Å². The van der Waals surface area contributed by atoms with Crippen LogP contribution >= 0.6 is 0 Å². The van der Waals surface area contributed by atoms with E-state index >= 15 is 0 Å². The minimum atomic E-state index is 0.225. The van der Waals surface area contributed by atoms with Gasteiger partial charge in [-0.25, -0.2) is 0 Å². The summed E-state index contributed by atoms with van der Waals surface area (Å²) in [5, 5.41) is 14.3. The van der Waals surface area contributed by atoms with Crippen molar-refractivity contribution < 1.29 is 9.84 Å². The minimum Gasteiger partial charge on any atom is -0.507 e. The lowest BCUT2D eigenvalue weighted by atomic mass is 10.1. The molecule has 2 aromatic carbocycles. The zero-order chi connectivity index (χ0) is 15.1. The van der Waals surface area contributed by atoms with Crippen LogP contribution in [-0.2, 0) is 6.42 Å². The number of aromatic hydroxyl groups is 1. The first-order valence-electron chi connectivity index (χ1n) is 6.60. The summed E-state index contributed by atoms with van der Waals surface area (Å²) in [6, 6.07) is 13.0. The van der Waals surface area contributed by atoms with Gasteiger partial charge in [0.1, 0.15) is 11.5 Å². The molecule has 2 aromatic rings. The van der Waals surface area contributed by atoms with Crippen LogP contribution in [-0.4, -0.2) is 18.4 Å². The van der Waals surface area contributed by atoms with Crippen LogP contribution in [0.2, 0.25) is 0 Å². The quantitative estimate of drug-likeness (QED) is 0.484. The first-order chi connectivity index (χ1) is 10.3. The van der Waals surface area contributed by atoms with Crippen LogP contribution in [0.25, 0.3) is 0 Å². The van der Waals surface area contributed by atoms with Gasteiger partial charge in [-0.3, -0.25) is 5.43 Å². The average Bonchev–Trinajstić information content (AvgIpc) is 2.51. The summed E-state index contributed by atoms with van der Waals surface area (Å²) in [5.74, 6) is 0.933. The maximum Gasteiger partial charge on any atom is 0.143 e. The van der Waals surface area contributed by atoms with Crippen molar-refractivity contribution >= 4 is 11.9 Å². The van der Waals surface area contributed by atoms with E-state index in [0.29, 0.717) is 17.7 Å². The van der Waals surface area contributed by atoms with E-state index in [2.05, 4.69) is 17.1 Å². The Labute approximate surface area is 124 Å². The highest BCUT2D eigenvalue weighted by molar-refractivity contribution is 5.84. The molecule has 0 fully saturated rings.